The quantitative estimate of drug-likeness (QED) is 0.326. The summed E-state index contributed by atoms with van der Waals surface area (Å²) in [6.07, 6.45) is 10.5. The van der Waals surface area contributed by atoms with Gasteiger partial charge in [0.15, 0.2) is 11.5 Å². The van der Waals surface area contributed by atoms with Crippen LogP contribution in [0.3, 0.4) is 0 Å². The molecule has 176 valence electrons. The van der Waals surface area contributed by atoms with E-state index in [2.05, 4.69) is 42.1 Å². The van der Waals surface area contributed by atoms with Gasteiger partial charge >= 0.3 is 0 Å². The smallest absolute Gasteiger partial charge is 0.161 e. The Morgan fingerprint density at radius 1 is 1.21 bits per heavy atom. The second-order valence-electron chi connectivity index (χ2n) is 8.64. The highest BCUT2D eigenvalue weighted by Gasteiger charge is 2.28. The zero-order chi connectivity index (χ0) is 23.4. The molecule has 2 atom stereocenters. The van der Waals surface area contributed by atoms with Crippen LogP contribution in [0.5, 0.6) is 11.5 Å². The molecule has 1 saturated heterocycles. The first-order chi connectivity index (χ1) is 16.0. The van der Waals surface area contributed by atoms with Crippen molar-refractivity contribution in [1.82, 2.24) is 9.80 Å². The number of hydrogen-bond acceptors (Lipinski definition) is 6. The lowest BCUT2D eigenvalue weighted by atomic mass is 9.95. The van der Waals surface area contributed by atoms with E-state index in [1.807, 2.05) is 18.2 Å². The van der Waals surface area contributed by atoms with Crippen LogP contribution in [0, 0.1) is 0 Å². The van der Waals surface area contributed by atoms with E-state index in [0.29, 0.717) is 26.1 Å². The molecule has 6 nitrogen and oxygen atoms in total. The molecule has 3 aliphatic heterocycles. The second kappa shape index (κ2) is 10.7. The SMILES string of the molecule is COc1ccc(/C(=C/C=O)PC2C(C)=CC(C3=CCN(C4COC4)CC3)=CN2C)cc1OC. The van der Waals surface area contributed by atoms with E-state index in [-0.39, 0.29) is 5.78 Å². The van der Waals surface area contributed by atoms with Gasteiger partial charge in [0.2, 0.25) is 0 Å². The van der Waals surface area contributed by atoms with Crippen LogP contribution in [-0.4, -0.2) is 75.5 Å². The standard InChI is InChI=1S/C26H33N2O4P/c1-18-13-21(19-7-10-28(11-8-19)22-16-32-17-22)15-27(2)26(18)33-25(9-12-29)20-5-6-23(30-3)24(14-20)31-4/h5-7,9,12-15,22,26,33H,8,10-11,16-17H2,1-4H3/b25-9-. The average Bonchev–Trinajstić information content (AvgIpc) is 2.79. The predicted octanol–water partition coefficient (Wildman–Crippen LogP) is 4.05. The fourth-order valence-corrected chi connectivity index (χ4v) is 5.90. The van der Waals surface area contributed by atoms with Gasteiger partial charge in [0.05, 0.1) is 39.3 Å². The number of rotatable bonds is 8. The van der Waals surface area contributed by atoms with Gasteiger partial charge < -0.3 is 19.1 Å². The first-order valence-electron chi connectivity index (χ1n) is 11.3. The lowest BCUT2D eigenvalue weighted by Gasteiger charge is -2.39. The van der Waals surface area contributed by atoms with Gasteiger partial charge in [-0.2, -0.15) is 0 Å². The number of nitrogens with zero attached hydrogens (tertiary/aromatic N) is 2. The van der Waals surface area contributed by atoms with Crippen LogP contribution in [-0.2, 0) is 9.53 Å². The normalized spacial score (nSPS) is 22.5. The van der Waals surface area contributed by atoms with Crippen molar-refractivity contribution in [2.24, 2.45) is 0 Å². The molecule has 0 spiro atoms. The monoisotopic (exact) mass is 468 g/mol. The largest absolute Gasteiger partial charge is 0.493 e. The van der Waals surface area contributed by atoms with Crippen molar-refractivity contribution < 1.29 is 19.0 Å². The maximum absolute atomic E-state index is 11.4. The summed E-state index contributed by atoms with van der Waals surface area (Å²) in [5.41, 5.74) is 5.00. The summed E-state index contributed by atoms with van der Waals surface area (Å²) < 4.78 is 16.2. The van der Waals surface area contributed by atoms with Crippen LogP contribution in [0.4, 0.5) is 0 Å². The van der Waals surface area contributed by atoms with Crippen molar-refractivity contribution in [2.45, 2.75) is 25.2 Å². The molecule has 2 unspecified atom stereocenters. The summed E-state index contributed by atoms with van der Waals surface area (Å²) in [4.78, 5) is 16.2. The van der Waals surface area contributed by atoms with E-state index in [4.69, 9.17) is 14.2 Å². The molecule has 0 saturated carbocycles. The minimum absolute atomic E-state index is 0.209. The van der Waals surface area contributed by atoms with Crippen molar-refractivity contribution in [3.8, 4) is 11.5 Å². The molecular weight excluding hydrogens is 435 g/mol. The number of ether oxygens (including phenoxy) is 3. The van der Waals surface area contributed by atoms with E-state index in [9.17, 15) is 4.79 Å². The van der Waals surface area contributed by atoms with Crippen molar-refractivity contribution in [3.63, 3.8) is 0 Å². The Morgan fingerprint density at radius 3 is 2.58 bits per heavy atom. The number of hydrogen-bond donors (Lipinski definition) is 0. The molecule has 0 aliphatic carbocycles. The number of carbonyl (C=O) groups is 1. The summed E-state index contributed by atoms with van der Waals surface area (Å²) in [7, 11) is 5.79. The Morgan fingerprint density at radius 2 is 2.00 bits per heavy atom. The molecule has 1 aromatic carbocycles. The average molecular weight is 469 g/mol. The van der Waals surface area contributed by atoms with Gasteiger partial charge in [-0.3, -0.25) is 9.69 Å². The minimum atomic E-state index is 0.209. The van der Waals surface area contributed by atoms with Gasteiger partial charge in [0.1, 0.15) is 6.29 Å². The van der Waals surface area contributed by atoms with Crippen molar-refractivity contribution in [3.05, 3.63) is 64.9 Å². The highest BCUT2D eigenvalue weighted by Crippen LogP contribution is 2.45. The molecule has 33 heavy (non-hydrogen) atoms. The molecule has 0 bridgehead atoms. The molecule has 3 heterocycles. The van der Waals surface area contributed by atoms with Gasteiger partial charge in [-0.05, 0) is 59.2 Å². The van der Waals surface area contributed by atoms with Crippen molar-refractivity contribution in [2.75, 3.05) is 47.6 Å². The Balaban J connectivity index is 1.49. The summed E-state index contributed by atoms with van der Waals surface area (Å²) in [6, 6.07) is 6.40. The van der Waals surface area contributed by atoms with Gasteiger partial charge in [-0.15, -0.1) is 0 Å². The third kappa shape index (κ3) is 5.24. The molecule has 1 aromatic rings. The summed E-state index contributed by atoms with van der Waals surface area (Å²) >= 11 is 0. The highest BCUT2D eigenvalue weighted by atomic mass is 31.1. The fourth-order valence-electron chi connectivity index (χ4n) is 4.53. The van der Waals surface area contributed by atoms with Gasteiger partial charge in [-0.1, -0.05) is 26.8 Å². The molecule has 7 heteroatoms. The molecule has 0 amide bonds. The zero-order valence-corrected chi connectivity index (χ0v) is 20.8. The number of allylic oxidation sites excluding steroid dienone is 3. The van der Waals surface area contributed by atoms with E-state index in [1.54, 1.807) is 20.3 Å². The zero-order valence-electron chi connectivity index (χ0n) is 19.8. The van der Waals surface area contributed by atoms with E-state index >= 15 is 0 Å². The van der Waals surface area contributed by atoms with E-state index < -0.39 is 0 Å². The lowest BCUT2D eigenvalue weighted by molar-refractivity contribution is -0.104. The molecule has 0 radical (unpaired) electrons. The summed E-state index contributed by atoms with van der Waals surface area (Å²) in [6.45, 7) is 6.01. The Kier molecular flexibility index (Phi) is 7.69. The van der Waals surface area contributed by atoms with Crippen molar-refractivity contribution in [1.29, 1.82) is 0 Å². The topological polar surface area (TPSA) is 51.2 Å². The van der Waals surface area contributed by atoms with Gasteiger partial charge in [-0.25, -0.2) is 0 Å². The number of benzene rings is 1. The molecule has 1 fully saturated rings. The first kappa shape index (κ1) is 23.7. The van der Waals surface area contributed by atoms with Crippen LogP contribution in [0.25, 0.3) is 5.31 Å². The van der Waals surface area contributed by atoms with Crippen LogP contribution in [0.15, 0.2) is 59.3 Å². The Bertz CT molecular complexity index is 1010. The van der Waals surface area contributed by atoms with Crippen molar-refractivity contribution >= 4 is 20.2 Å². The Labute approximate surface area is 198 Å². The fraction of sp³-hybridized carbons (Fsp3) is 0.423. The Hall–Kier alpha value is -2.40. The summed E-state index contributed by atoms with van der Waals surface area (Å²) in [5, 5.41) is 1.00. The molecule has 3 aliphatic rings. The van der Waals surface area contributed by atoms with Crippen LogP contribution < -0.4 is 9.47 Å². The molecule has 4 rings (SSSR count). The third-order valence-electron chi connectivity index (χ3n) is 6.53. The number of likely N-dealkylation sites (N-methyl/N-ethyl adjacent to an activating group) is 1. The maximum Gasteiger partial charge on any atom is 0.161 e. The predicted molar refractivity (Wildman–Crippen MR) is 134 cm³/mol. The maximum atomic E-state index is 11.4. The highest BCUT2D eigenvalue weighted by molar-refractivity contribution is 7.51. The number of carbonyl (C=O) groups excluding carboxylic acids is 1. The van der Waals surface area contributed by atoms with E-state index in [1.165, 1.54) is 16.7 Å². The first-order valence-corrected chi connectivity index (χ1v) is 12.4. The van der Waals surface area contributed by atoms with Crippen LogP contribution in [0.2, 0.25) is 0 Å². The molecular formula is C26H33N2O4P. The third-order valence-corrected chi connectivity index (χ3v) is 8.44. The van der Waals surface area contributed by atoms with Gasteiger partial charge in [0, 0.05) is 26.3 Å². The van der Waals surface area contributed by atoms with Crippen LogP contribution in [0.1, 0.15) is 18.9 Å². The summed E-state index contributed by atoms with van der Waals surface area (Å²) in [5.74, 6) is 1.55. The van der Waals surface area contributed by atoms with Gasteiger partial charge in [0.25, 0.3) is 0 Å². The molecule has 0 aromatic heterocycles. The molecule has 0 N–H and O–H groups in total. The second-order valence-corrected chi connectivity index (χ2v) is 10.0. The number of methoxy groups -OCH3 is 2. The number of aldehydes is 1. The lowest BCUT2D eigenvalue weighted by Crippen LogP contribution is -2.50. The minimum Gasteiger partial charge on any atom is -0.493 e. The van der Waals surface area contributed by atoms with E-state index in [0.717, 1.165) is 49.9 Å². The van der Waals surface area contributed by atoms with Crippen LogP contribution >= 0.6 is 8.58 Å².